The molecule has 1 atom stereocenters. The molecule has 1 aliphatic rings. The predicted molar refractivity (Wildman–Crippen MR) is 79.2 cm³/mol. The van der Waals surface area contributed by atoms with E-state index in [4.69, 9.17) is 5.73 Å². The zero-order chi connectivity index (χ0) is 13.7. The Hall–Kier alpha value is -1.04. The number of carbonyl (C=O) groups is 1. The van der Waals surface area contributed by atoms with Crippen LogP contribution in [0.25, 0.3) is 0 Å². The van der Waals surface area contributed by atoms with Gasteiger partial charge >= 0.3 is 0 Å². The molecule has 0 radical (unpaired) electrons. The minimum Gasteiger partial charge on any atom is -0.368 e. The second-order valence-electron chi connectivity index (χ2n) is 4.72. The maximum Gasteiger partial charge on any atom is 0.239 e. The highest BCUT2D eigenvalue weighted by atomic mass is 32.2. The van der Waals surface area contributed by atoms with E-state index >= 15 is 0 Å². The largest absolute Gasteiger partial charge is 0.368 e. The minimum absolute atomic E-state index is 0.265. The molecular weight excluding hydrogens is 258 g/mol. The summed E-state index contributed by atoms with van der Waals surface area (Å²) < 4.78 is 0. The van der Waals surface area contributed by atoms with Crippen molar-refractivity contribution in [3.05, 3.63) is 29.8 Å². The highest BCUT2D eigenvalue weighted by Crippen LogP contribution is 2.24. The first-order valence-corrected chi connectivity index (χ1v) is 7.83. The lowest BCUT2D eigenvalue weighted by molar-refractivity contribution is -0.123. The first kappa shape index (κ1) is 14.4. The molecule has 1 aromatic rings. The number of amides is 1. The monoisotopic (exact) mass is 279 g/mol. The first-order valence-electron chi connectivity index (χ1n) is 6.60. The molecule has 3 N–H and O–H groups in total. The van der Waals surface area contributed by atoms with Crippen LogP contribution in [0.2, 0.25) is 0 Å². The Morgan fingerprint density at radius 1 is 1.32 bits per heavy atom. The van der Waals surface area contributed by atoms with Gasteiger partial charge in [-0.1, -0.05) is 12.1 Å². The molecule has 19 heavy (non-hydrogen) atoms. The Morgan fingerprint density at radius 3 is 2.68 bits per heavy atom. The van der Waals surface area contributed by atoms with Crippen LogP contribution in [0.3, 0.4) is 0 Å². The van der Waals surface area contributed by atoms with Crippen LogP contribution in [0.15, 0.2) is 29.2 Å². The van der Waals surface area contributed by atoms with Crippen LogP contribution >= 0.6 is 11.8 Å². The van der Waals surface area contributed by atoms with E-state index in [-0.39, 0.29) is 11.9 Å². The van der Waals surface area contributed by atoms with E-state index in [2.05, 4.69) is 10.2 Å². The Balaban J connectivity index is 2.20. The summed E-state index contributed by atoms with van der Waals surface area (Å²) in [6.45, 7) is 3.68. The van der Waals surface area contributed by atoms with Crippen molar-refractivity contribution in [1.29, 1.82) is 0 Å². The van der Waals surface area contributed by atoms with Crippen LogP contribution in [-0.4, -0.2) is 43.2 Å². The van der Waals surface area contributed by atoms with Crippen molar-refractivity contribution in [2.45, 2.75) is 17.4 Å². The number of benzene rings is 1. The summed E-state index contributed by atoms with van der Waals surface area (Å²) >= 11 is 1.70. The minimum atomic E-state index is -0.309. The summed E-state index contributed by atoms with van der Waals surface area (Å²) in [6, 6.07) is 7.81. The summed E-state index contributed by atoms with van der Waals surface area (Å²) in [7, 11) is 0. The van der Waals surface area contributed by atoms with Gasteiger partial charge in [0.1, 0.15) is 6.04 Å². The molecule has 0 spiro atoms. The summed E-state index contributed by atoms with van der Waals surface area (Å²) in [5.74, 6) is -0.265. The van der Waals surface area contributed by atoms with E-state index in [0.717, 1.165) is 38.2 Å². The number of rotatable bonds is 4. The summed E-state index contributed by atoms with van der Waals surface area (Å²) in [5.41, 5.74) is 6.61. The third kappa shape index (κ3) is 3.72. The Kier molecular flexibility index (Phi) is 5.24. The normalized spacial score (nSPS) is 18.8. The molecule has 1 unspecified atom stereocenters. The van der Waals surface area contributed by atoms with Crippen molar-refractivity contribution in [2.24, 2.45) is 5.73 Å². The lowest BCUT2D eigenvalue weighted by atomic mass is 10.0. The molecule has 1 amide bonds. The summed E-state index contributed by atoms with van der Waals surface area (Å²) in [4.78, 5) is 15.2. The van der Waals surface area contributed by atoms with Crippen molar-refractivity contribution in [2.75, 3.05) is 32.4 Å². The Bertz CT molecular complexity index is 413. The molecule has 4 nitrogen and oxygen atoms in total. The molecule has 0 bridgehead atoms. The van der Waals surface area contributed by atoms with Crippen molar-refractivity contribution < 1.29 is 4.79 Å². The van der Waals surface area contributed by atoms with Gasteiger partial charge in [-0.05, 0) is 36.9 Å². The van der Waals surface area contributed by atoms with Crippen LogP contribution in [0.1, 0.15) is 18.0 Å². The number of thioether (sulfide) groups is 1. The summed E-state index contributed by atoms with van der Waals surface area (Å²) in [5, 5.41) is 3.34. The van der Waals surface area contributed by atoms with Crippen molar-refractivity contribution in [3.8, 4) is 0 Å². The SMILES string of the molecule is CSc1ccc(C(C(N)=O)N2CCCNCC2)cc1. The van der Waals surface area contributed by atoms with Crippen LogP contribution in [0.5, 0.6) is 0 Å². The smallest absolute Gasteiger partial charge is 0.239 e. The number of carbonyl (C=O) groups excluding carboxylic acids is 1. The number of nitrogens with one attached hydrogen (secondary N) is 1. The van der Waals surface area contributed by atoms with Gasteiger partial charge in [-0.25, -0.2) is 0 Å². The number of primary amides is 1. The van der Waals surface area contributed by atoms with Crippen LogP contribution in [0, 0.1) is 0 Å². The van der Waals surface area contributed by atoms with Gasteiger partial charge in [-0.15, -0.1) is 11.8 Å². The van der Waals surface area contributed by atoms with Crippen LogP contribution in [-0.2, 0) is 4.79 Å². The Labute approximate surface area is 118 Å². The number of hydrogen-bond donors (Lipinski definition) is 2. The number of nitrogens with zero attached hydrogens (tertiary/aromatic N) is 1. The van der Waals surface area contributed by atoms with Crippen molar-refractivity contribution in [3.63, 3.8) is 0 Å². The van der Waals surface area contributed by atoms with Gasteiger partial charge in [0.05, 0.1) is 0 Å². The summed E-state index contributed by atoms with van der Waals surface area (Å²) in [6.07, 6.45) is 3.09. The topological polar surface area (TPSA) is 58.4 Å². The van der Waals surface area contributed by atoms with Gasteiger partial charge in [0, 0.05) is 24.5 Å². The van der Waals surface area contributed by atoms with Gasteiger partial charge in [0.25, 0.3) is 0 Å². The maximum absolute atomic E-state index is 11.8. The van der Waals surface area contributed by atoms with E-state index in [9.17, 15) is 4.79 Å². The predicted octanol–water partition coefficient (Wildman–Crippen LogP) is 1.23. The molecule has 2 rings (SSSR count). The van der Waals surface area contributed by atoms with E-state index in [1.807, 2.05) is 30.5 Å². The molecule has 1 fully saturated rings. The van der Waals surface area contributed by atoms with Gasteiger partial charge in [0.2, 0.25) is 5.91 Å². The highest BCUT2D eigenvalue weighted by molar-refractivity contribution is 7.98. The van der Waals surface area contributed by atoms with E-state index in [1.165, 1.54) is 4.90 Å². The van der Waals surface area contributed by atoms with Crippen molar-refractivity contribution >= 4 is 17.7 Å². The van der Waals surface area contributed by atoms with E-state index in [0.29, 0.717) is 0 Å². The quantitative estimate of drug-likeness (QED) is 0.814. The van der Waals surface area contributed by atoms with Crippen molar-refractivity contribution in [1.82, 2.24) is 10.2 Å². The molecule has 1 aromatic carbocycles. The molecule has 104 valence electrons. The molecular formula is C14H21N3OS. The molecule has 5 heteroatoms. The first-order chi connectivity index (χ1) is 9.22. The lowest BCUT2D eigenvalue weighted by Gasteiger charge is -2.28. The van der Waals surface area contributed by atoms with Gasteiger partial charge in [0.15, 0.2) is 0 Å². The zero-order valence-corrected chi connectivity index (χ0v) is 12.1. The lowest BCUT2D eigenvalue weighted by Crippen LogP contribution is -2.39. The molecule has 0 aromatic heterocycles. The van der Waals surface area contributed by atoms with Crippen LogP contribution in [0.4, 0.5) is 0 Å². The third-order valence-electron chi connectivity index (χ3n) is 3.44. The fraction of sp³-hybridized carbons (Fsp3) is 0.500. The second kappa shape index (κ2) is 6.93. The highest BCUT2D eigenvalue weighted by Gasteiger charge is 2.25. The van der Waals surface area contributed by atoms with E-state index in [1.54, 1.807) is 11.8 Å². The number of nitrogens with two attached hydrogens (primary N) is 1. The second-order valence-corrected chi connectivity index (χ2v) is 5.60. The molecule has 1 heterocycles. The standard InChI is InChI=1S/C14H21N3OS/c1-19-12-5-3-11(4-6-12)13(14(15)18)17-9-2-7-16-8-10-17/h3-6,13,16H,2,7-10H2,1H3,(H2,15,18). The molecule has 1 saturated heterocycles. The average molecular weight is 279 g/mol. The molecule has 1 aliphatic heterocycles. The van der Waals surface area contributed by atoms with Gasteiger partial charge < -0.3 is 11.1 Å². The third-order valence-corrected chi connectivity index (χ3v) is 4.18. The average Bonchev–Trinajstić information content (AvgIpc) is 2.68. The Morgan fingerprint density at radius 2 is 2.05 bits per heavy atom. The van der Waals surface area contributed by atoms with Gasteiger partial charge in [-0.2, -0.15) is 0 Å². The maximum atomic E-state index is 11.8. The zero-order valence-electron chi connectivity index (χ0n) is 11.3. The van der Waals surface area contributed by atoms with Gasteiger partial charge in [-0.3, -0.25) is 9.69 Å². The molecule has 0 aliphatic carbocycles. The fourth-order valence-electron chi connectivity index (χ4n) is 2.47. The van der Waals surface area contributed by atoms with E-state index < -0.39 is 0 Å². The fourth-order valence-corrected chi connectivity index (χ4v) is 2.87. The number of hydrogen-bond acceptors (Lipinski definition) is 4. The molecule has 0 saturated carbocycles. The van der Waals surface area contributed by atoms with Crippen LogP contribution < -0.4 is 11.1 Å².